The van der Waals surface area contributed by atoms with Gasteiger partial charge in [-0.05, 0) is 18.4 Å². The molecule has 1 aliphatic heterocycles. The predicted molar refractivity (Wildman–Crippen MR) is 71.2 cm³/mol. The number of epoxide rings is 1. The lowest BCUT2D eigenvalue weighted by atomic mass is 10.2. The molecule has 0 amide bonds. The van der Waals surface area contributed by atoms with Crippen molar-refractivity contribution in [1.82, 2.24) is 0 Å². The standard InChI is InChI=1S/C14H20O2Si/c1-2-12-6-3-4-7-14(12)17-9-5-8-15-10-13-11-16-13/h3-4,6-7,13H,2,5,8-11H2,1H3. The summed E-state index contributed by atoms with van der Waals surface area (Å²) in [5.74, 6) is 0. The molecule has 2 radical (unpaired) electrons. The Bertz CT molecular complexity index is 337. The lowest BCUT2D eigenvalue weighted by Gasteiger charge is -2.06. The van der Waals surface area contributed by atoms with E-state index in [4.69, 9.17) is 9.47 Å². The molecule has 2 nitrogen and oxygen atoms in total. The number of rotatable bonds is 8. The topological polar surface area (TPSA) is 21.8 Å². The number of ether oxygens (including phenoxy) is 2. The third-order valence-electron chi connectivity index (χ3n) is 2.89. The van der Waals surface area contributed by atoms with Crippen LogP contribution in [0.25, 0.3) is 0 Å². The molecule has 1 saturated heterocycles. The molecule has 1 heterocycles. The summed E-state index contributed by atoms with van der Waals surface area (Å²) in [5, 5.41) is 1.53. The van der Waals surface area contributed by atoms with Crippen LogP contribution in [0.5, 0.6) is 0 Å². The van der Waals surface area contributed by atoms with Gasteiger partial charge in [-0.2, -0.15) is 0 Å². The van der Waals surface area contributed by atoms with Crippen molar-refractivity contribution in [3.63, 3.8) is 0 Å². The molecule has 2 rings (SSSR count). The van der Waals surface area contributed by atoms with Gasteiger partial charge in [0.1, 0.15) is 6.10 Å². The summed E-state index contributed by atoms with van der Waals surface area (Å²) >= 11 is 0. The fourth-order valence-electron chi connectivity index (χ4n) is 1.78. The van der Waals surface area contributed by atoms with Gasteiger partial charge in [0.15, 0.2) is 0 Å². The van der Waals surface area contributed by atoms with Crippen molar-refractivity contribution in [1.29, 1.82) is 0 Å². The largest absolute Gasteiger partial charge is 0.379 e. The second-order valence-electron chi connectivity index (χ2n) is 4.32. The molecule has 0 N–H and O–H groups in total. The summed E-state index contributed by atoms with van der Waals surface area (Å²) in [4.78, 5) is 0. The van der Waals surface area contributed by atoms with Gasteiger partial charge in [-0.25, -0.2) is 0 Å². The Balaban J connectivity index is 1.59. The van der Waals surface area contributed by atoms with Crippen LogP contribution in [-0.2, 0) is 15.9 Å². The Morgan fingerprint density at radius 1 is 1.41 bits per heavy atom. The van der Waals surface area contributed by atoms with Crippen molar-refractivity contribution in [3.8, 4) is 0 Å². The zero-order chi connectivity index (χ0) is 11.9. The van der Waals surface area contributed by atoms with Crippen LogP contribution in [0.1, 0.15) is 18.9 Å². The Kier molecular flexibility index (Phi) is 5.23. The van der Waals surface area contributed by atoms with Gasteiger partial charge >= 0.3 is 0 Å². The number of hydrogen-bond donors (Lipinski definition) is 0. The normalized spacial score (nSPS) is 18.3. The highest BCUT2D eigenvalue weighted by Crippen LogP contribution is 2.08. The molecule has 1 unspecified atom stereocenters. The van der Waals surface area contributed by atoms with E-state index in [1.165, 1.54) is 16.8 Å². The zero-order valence-corrected chi connectivity index (χ0v) is 11.4. The van der Waals surface area contributed by atoms with Gasteiger partial charge in [-0.15, -0.1) is 0 Å². The third kappa shape index (κ3) is 4.62. The van der Waals surface area contributed by atoms with Crippen molar-refractivity contribution in [2.45, 2.75) is 31.9 Å². The number of benzene rings is 1. The maximum absolute atomic E-state index is 5.53. The first-order valence-electron chi connectivity index (χ1n) is 6.41. The van der Waals surface area contributed by atoms with E-state index in [1.807, 2.05) is 0 Å². The minimum Gasteiger partial charge on any atom is -0.379 e. The van der Waals surface area contributed by atoms with Gasteiger partial charge in [0.05, 0.1) is 22.7 Å². The lowest BCUT2D eigenvalue weighted by molar-refractivity contribution is 0.117. The SMILES string of the molecule is CCc1ccccc1[Si]CCCOCC1CO1. The van der Waals surface area contributed by atoms with Gasteiger partial charge in [0, 0.05) is 6.61 Å². The van der Waals surface area contributed by atoms with Crippen LogP contribution in [0.2, 0.25) is 6.04 Å². The van der Waals surface area contributed by atoms with E-state index in [-0.39, 0.29) is 0 Å². The molecule has 17 heavy (non-hydrogen) atoms. The summed E-state index contributed by atoms with van der Waals surface area (Å²) in [7, 11) is 0.920. The molecular weight excluding hydrogens is 228 g/mol. The van der Waals surface area contributed by atoms with Gasteiger partial charge in [-0.3, -0.25) is 0 Å². The molecule has 0 spiro atoms. The second kappa shape index (κ2) is 6.94. The van der Waals surface area contributed by atoms with Crippen molar-refractivity contribution in [2.75, 3.05) is 19.8 Å². The van der Waals surface area contributed by atoms with Crippen LogP contribution in [0, 0.1) is 0 Å². The van der Waals surface area contributed by atoms with Crippen LogP contribution in [-0.4, -0.2) is 35.4 Å². The average Bonchev–Trinajstić information content (AvgIpc) is 3.18. The van der Waals surface area contributed by atoms with Crippen LogP contribution in [0.4, 0.5) is 0 Å². The van der Waals surface area contributed by atoms with E-state index < -0.39 is 0 Å². The van der Waals surface area contributed by atoms with Crippen molar-refractivity contribution in [3.05, 3.63) is 29.8 Å². The zero-order valence-electron chi connectivity index (χ0n) is 10.4. The maximum Gasteiger partial charge on any atom is 0.104 e. The quantitative estimate of drug-likeness (QED) is 0.397. The molecule has 1 atom stereocenters. The molecule has 1 fully saturated rings. The highest BCUT2D eigenvalue weighted by molar-refractivity contribution is 6.54. The molecule has 0 aliphatic carbocycles. The van der Waals surface area contributed by atoms with Crippen molar-refractivity contribution < 1.29 is 9.47 Å². The maximum atomic E-state index is 5.53. The summed E-state index contributed by atoms with van der Waals surface area (Å²) in [5.41, 5.74) is 1.50. The van der Waals surface area contributed by atoms with Crippen molar-refractivity contribution in [2.24, 2.45) is 0 Å². The fourth-order valence-corrected chi connectivity index (χ4v) is 3.07. The molecule has 92 valence electrons. The molecule has 1 aliphatic rings. The summed E-state index contributed by atoms with van der Waals surface area (Å²) in [6, 6.07) is 10.0. The Morgan fingerprint density at radius 2 is 2.24 bits per heavy atom. The summed E-state index contributed by atoms with van der Waals surface area (Å²) in [6.07, 6.45) is 2.69. The second-order valence-corrected chi connectivity index (χ2v) is 5.71. The van der Waals surface area contributed by atoms with Gasteiger partial charge in [-0.1, -0.05) is 42.4 Å². The first-order chi connectivity index (χ1) is 8.40. The molecular formula is C14H20O2Si. The Hall–Kier alpha value is -0.643. The van der Waals surface area contributed by atoms with E-state index in [2.05, 4.69) is 31.2 Å². The summed E-state index contributed by atoms with van der Waals surface area (Å²) in [6.45, 7) is 4.78. The third-order valence-corrected chi connectivity index (χ3v) is 4.36. The van der Waals surface area contributed by atoms with Crippen LogP contribution >= 0.6 is 0 Å². The number of hydrogen-bond acceptors (Lipinski definition) is 2. The van der Waals surface area contributed by atoms with Crippen LogP contribution < -0.4 is 5.19 Å². The van der Waals surface area contributed by atoms with E-state index in [1.54, 1.807) is 0 Å². The van der Waals surface area contributed by atoms with Gasteiger partial charge in [0.2, 0.25) is 0 Å². The smallest absolute Gasteiger partial charge is 0.104 e. The van der Waals surface area contributed by atoms with E-state index in [0.717, 1.165) is 42.2 Å². The molecule has 0 saturated carbocycles. The van der Waals surface area contributed by atoms with Crippen molar-refractivity contribution >= 4 is 14.7 Å². The minimum atomic E-state index is 0.401. The number of aryl methyl sites for hydroxylation is 1. The average molecular weight is 248 g/mol. The van der Waals surface area contributed by atoms with E-state index in [9.17, 15) is 0 Å². The molecule has 3 heteroatoms. The van der Waals surface area contributed by atoms with Crippen LogP contribution in [0.15, 0.2) is 24.3 Å². The Labute approximate surface area is 106 Å². The van der Waals surface area contributed by atoms with Gasteiger partial charge in [0.25, 0.3) is 0 Å². The predicted octanol–water partition coefficient (Wildman–Crippen LogP) is 1.80. The molecule has 0 bridgehead atoms. The Morgan fingerprint density at radius 3 is 3.00 bits per heavy atom. The fraction of sp³-hybridized carbons (Fsp3) is 0.571. The minimum absolute atomic E-state index is 0.401. The lowest BCUT2D eigenvalue weighted by Crippen LogP contribution is -2.18. The molecule has 1 aromatic rings. The first kappa shape index (κ1) is 12.8. The van der Waals surface area contributed by atoms with Crippen LogP contribution in [0.3, 0.4) is 0 Å². The highest BCUT2D eigenvalue weighted by atomic mass is 28.2. The van der Waals surface area contributed by atoms with Gasteiger partial charge < -0.3 is 9.47 Å². The first-order valence-corrected chi connectivity index (χ1v) is 7.62. The van der Waals surface area contributed by atoms with E-state index in [0.29, 0.717) is 6.10 Å². The molecule has 1 aromatic carbocycles. The molecule has 0 aromatic heterocycles. The highest BCUT2D eigenvalue weighted by Gasteiger charge is 2.21. The summed E-state index contributed by atoms with van der Waals surface area (Å²) < 4.78 is 10.6. The van der Waals surface area contributed by atoms with E-state index >= 15 is 0 Å². The monoisotopic (exact) mass is 248 g/mol.